The number of amides is 2. The fourth-order valence-corrected chi connectivity index (χ4v) is 2.21. The highest BCUT2D eigenvalue weighted by Gasteiger charge is 2.38. The molecule has 1 aliphatic carbocycles. The average molecular weight is 224 g/mol. The minimum absolute atomic E-state index is 0.0126. The topological polar surface area (TPSA) is 49.4 Å². The molecule has 1 aliphatic heterocycles. The van der Waals surface area contributed by atoms with E-state index in [-0.39, 0.29) is 17.7 Å². The lowest BCUT2D eigenvalue weighted by Crippen LogP contribution is -2.40. The molecule has 2 fully saturated rings. The molecule has 90 valence electrons. The first-order chi connectivity index (χ1) is 7.58. The molecule has 2 amide bonds. The van der Waals surface area contributed by atoms with Gasteiger partial charge in [0.2, 0.25) is 11.8 Å². The average Bonchev–Trinajstić information content (AvgIpc) is 2.96. The Kier molecular flexibility index (Phi) is 3.17. The molecular weight excluding hydrogens is 204 g/mol. The summed E-state index contributed by atoms with van der Waals surface area (Å²) in [4.78, 5) is 25.3. The summed E-state index contributed by atoms with van der Waals surface area (Å²) in [6, 6.07) is 0.450. The van der Waals surface area contributed by atoms with Gasteiger partial charge >= 0.3 is 0 Å². The Morgan fingerprint density at radius 1 is 1.50 bits per heavy atom. The van der Waals surface area contributed by atoms with Gasteiger partial charge in [0, 0.05) is 25.6 Å². The number of rotatable bonds is 4. The van der Waals surface area contributed by atoms with Crippen molar-refractivity contribution >= 4 is 11.8 Å². The van der Waals surface area contributed by atoms with Crippen LogP contribution in [-0.2, 0) is 9.59 Å². The van der Waals surface area contributed by atoms with Crippen molar-refractivity contribution in [2.45, 2.75) is 39.2 Å². The van der Waals surface area contributed by atoms with Crippen LogP contribution in [0.1, 0.15) is 33.1 Å². The first-order valence-electron chi connectivity index (χ1n) is 6.15. The van der Waals surface area contributed by atoms with Gasteiger partial charge in [0.05, 0.1) is 5.92 Å². The number of nitrogens with one attached hydrogen (secondary N) is 1. The predicted octanol–water partition coefficient (Wildman–Crippen LogP) is 0.769. The minimum atomic E-state index is -0.119. The van der Waals surface area contributed by atoms with Gasteiger partial charge in [0.15, 0.2) is 0 Å². The lowest BCUT2D eigenvalue weighted by molar-refractivity contribution is -0.136. The Bertz CT molecular complexity index is 297. The molecule has 0 aromatic rings. The lowest BCUT2D eigenvalue weighted by Gasteiger charge is -2.26. The maximum Gasteiger partial charge on any atom is 0.228 e. The van der Waals surface area contributed by atoms with Crippen LogP contribution < -0.4 is 5.32 Å². The number of carbonyl (C=O) groups excluding carboxylic acids is 2. The van der Waals surface area contributed by atoms with Gasteiger partial charge in [-0.25, -0.2) is 0 Å². The van der Waals surface area contributed by atoms with E-state index in [1.54, 1.807) is 0 Å². The Morgan fingerprint density at radius 3 is 2.62 bits per heavy atom. The summed E-state index contributed by atoms with van der Waals surface area (Å²) in [5.41, 5.74) is 0. The molecule has 2 rings (SSSR count). The normalized spacial score (nSPS) is 24.7. The van der Waals surface area contributed by atoms with Crippen LogP contribution in [0.4, 0.5) is 0 Å². The van der Waals surface area contributed by atoms with Crippen LogP contribution in [0.25, 0.3) is 0 Å². The zero-order valence-electron chi connectivity index (χ0n) is 10.0. The summed E-state index contributed by atoms with van der Waals surface area (Å²) in [6.45, 7) is 5.61. The third kappa shape index (κ3) is 2.54. The van der Waals surface area contributed by atoms with Crippen molar-refractivity contribution in [2.75, 3.05) is 13.1 Å². The Morgan fingerprint density at radius 2 is 2.19 bits per heavy atom. The van der Waals surface area contributed by atoms with E-state index < -0.39 is 0 Å². The van der Waals surface area contributed by atoms with E-state index in [9.17, 15) is 9.59 Å². The van der Waals surface area contributed by atoms with Crippen molar-refractivity contribution in [1.29, 1.82) is 0 Å². The van der Waals surface area contributed by atoms with Crippen molar-refractivity contribution in [3.8, 4) is 0 Å². The quantitative estimate of drug-likeness (QED) is 0.766. The van der Waals surface area contributed by atoms with Gasteiger partial charge in [0.1, 0.15) is 0 Å². The molecule has 0 spiro atoms. The van der Waals surface area contributed by atoms with E-state index in [1.165, 1.54) is 0 Å². The van der Waals surface area contributed by atoms with E-state index in [1.807, 2.05) is 4.90 Å². The predicted molar refractivity (Wildman–Crippen MR) is 60.7 cm³/mol. The molecule has 0 bridgehead atoms. The molecule has 1 heterocycles. The number of nitrogens with zero attached hydrogens (tertiary/aromatic N) is 1. The van der Waals surface area contributed by atoms with Crippen LogP contribution in [-0.4, -0.2) is 35.8 Å². The molecule has 1 saturated carbocycles. The number of hydrogen-bond donors (Lipinski definition) is 1. The van der Waals surface area contributed by atoms with Crippen LogP contribution in [0, 0.1) is 11.8 Å². The Hall–Kier alpha value is -1.06. The second-order valence-electron chi connectivity index (χ2n) is 5.32. The molecule has 2 aliphatic rings. The zero-order valence-corrected chi connectivity index (χ0v) is 10.0. The third-order valence-corrected chi connectivity index (χ3v) is 3.16. The third-order valence-electron chi connectivity index (χ3n) is 3.16. The van der Waals surface area contributed by atoms with E-state index >= 15 is 0 Å². The largest absolute Gasteiger partial charge is 0.355 e. The molecule has 0 aromatic heterocycles. The van der Waals surface area contributed by atoms with Gasteiger partial charge in [0.25, 0.3) is 0 Å². The van der Waals surface area contributed by atoms with Crippen LogP contribution in [0.15, 0.2) is 0 Å². The summed E-state index contributed by atoms with van der Waals surface area (Å²) in [5.74, 6) is 0.564. The van der Waals surface area contributed by atoms with Crippen molar-refractivity contribution in [3.63, 3.8) is 0 Å². The van der Waals surface area contributed by atoms with E-state index in [4.69, 9.17) is 0 Å². The molecule has 4 nitrogen and oxygen atoms in total. The summed E-state index contributed by atoms with van der Waals surface area (Å²) in [5, 5.41) is 2.73. The molecule has 4 heteroatoms. The fourth-order valence-electron chi connectivity index (χ4n) is 2.21. The smallest absolute Gasteiger partial charge is 0.228 e. The van der Waals surface area contributed by atoms with E-state index in [2.05, 4.69) is 19.2 Å². The second kappa shape index (κ2) is 4.44. The summed E-state index contributed by atoms with van der Waals surface area (Å²) >= 11 is 0. The van der Waals surface area contributed by atoms with Crippen molar-refractivity contribution in [3.05, 3.63) is 0 Å². The van der Waals surface area contributed by atoms with Gasteiger partial charge in [-0.1, -0.05) is 13.8 Å². The minimum Gasteiger partial charge on any atom is -0.355 e. The van der Waals surface area contributed by atoms with Crippen LogP contribution >= 0.6 is 0 Å². The second-order valence-corrected chi connectivity index (χ2v) is 5.32. The molecule has 0 aromatic carbocycles. The molecule has 1 unspecified atom stereocenters. The van der Waals surface area contributed by atoms with Gasteiger partial charge < -0.3 is 10.2 Å². The molecule has 1 N–H and O–H groups in total. The summed E-state index contributed by atoms with van der Waals surface area (Å²) in [6.07, 6.45) is 2.64. The van der Waals surface area contributed by atoms with Gasteiger partial charge in [-0.15, -0.1) is 0 Å². The highest BCUT2D eigenvalue weighted by molar-refractivity contribution is 5.89. The maximum absolute atomic E-state index is 12.2. The molecule has 0 radical (unpaired) electrons. The Labute approximate surface area is 96.4 Å². The molecule has 16 heavy (non-hydrogen) atoms. The standard InChI is InChI=1S/C12H20N2O2/c1-8(2)7-14(10-3-4-10)12(16)9-5-11(15)13-6-9/h8-10H,3-7H2,1-2H3,(H,13,15). The number of carbonyl (C=O) groups is 2. The van der Waals surface area contributed by atoms with Gasteiger partial charge in [-0.3, -0.25) is 9.59 Å². The first kappa shape index (κ1) is 11.4. The lowest BCUT2D eigenvalue weighted by atomic mass is 10.1. The van der Waals surface area contributed by atoms with Crippen LogP contribution in [0.5, 0.6) is 0 Å². The Balaban J connectivity index is 1.96. The van der Waals surface area contributed by atoms with Crippen LogP contribution in [0.3, 0.4) is 0 Å². The van der Waals surface area contributed by atoms with Gasteiger partial charge in [-0.2, -0.15) is 0 Å². The number of hydrogen-bond acceptors (Lipinski definition) is 2. The van der Waals surface area contributed by atoms with Crippen molar-refractivity contribution < 1.29 is 9.59 Å². The first-order valence-corrected chi connectivity index (χ1v) is 6.15. The fraction of sp³-hybridized carbons (Fsp3) is 0.833. The molecule has 1 saturated heterocycles. The molecular formula is C12H20N2O2. The highest BCUT2D eigenvalue weighted by atomic mass is 16.2. The summed E-state index contributed by atoms with van der Waals surface area (Å²) in [7, 11) is 0. The molecule has 1 atom stereocenters. The highest BCUT2D eigenvalue weighted by Crippen LogP contribution is 2.29. The van der Waals surface area contributed by atoms with Crippen LogP contribution in [0.2, 0.25) is 0 Å². The zero-order chi connectivity index (χ0) is 11.7. The van der Waals surface area contributed by atoms with Crippen molar-refractivity contribution in [1.82, 2.24) is 10.2 Å². The van der Waals surface area contributed by atoms with Gasteiger partial charge in [-0.05, 0) is 18.8 Å². The SMILES string of the molecule is CC(C)CN(C(=O)C1CNC(=O)C1)C1CC1. The van der Waals surface area contributed by atoms with E-state index in [0.717, 1.165) is 19.4 Å². The maximum atomic E-state index is 12.2. The van der Waals surface area contributed by atoms with E-state index in [0.29, 0.717) is 24.9 Å². The van der Waals surface area contributed by atoms with Crippen molar-refractivity contribution in [2.24, 2.45) is 11.8 Å². The summed E-state index contributed by atoms with van der Waals surface area (Å²) < 4.78 is 0. The monoisotopic (exact) mass is 224 g/mol.